The highest BCUT2D eigenvalue weighted by Crippen LogP contribution is 2.46. The Bertz CT molecular complexity index is 2090. The van der Waals surface area contributed by atoms with E-state index in [4.69, 9.17) is 0 Å². The van der Waals surface area contributed by atoms with E-state index in [1.807, 2.05) is 12.1 Å². The lowest BCUT2D eigenvalue weighted by atomic mass is 9.83. The first kappa shape index (κ1) is 23.3. The minimum Gasteiger partial charge on any atom is -0.307 e. The summed E-state index contributed by atoms with van der Waals surface area (Å²) in [5, 5.41) is 7.24. The van der Waals surface area contributed by atoms with Gasteiger partial charge in [0.25, 0.3) is 0 Å². The number of benzene rings is 4. The molecular weight excluding hydrogens is 481 g/mol. The van der Waals surface area contributed by atoms with E-state index in [1.165, 1.54) is 34.0 Å². The van der Waals surface area contributed by atoms with Gasteiger partial charge in [0.2, 0.25) is 5.52 Å². The van der Waals surface area contributed by atoms with E-state index in [0.29, 0.717) is 5.39 Å². The summed E-state index contributed by atoms with van der Waals surface area (Å²) in [6.07, 6.45) is -1.48. The fraction of sp³-hybridized carbons (Fsp3) is 0.242. The molecule has 4 aromatic carbocycles. The van der Waals surface area contributed by atoms with Crippen LogP contribution in [0.1, 0.15) is 37.5 Å². The number of fused-ring (bicyclic) bond motifs is 7. The van der Waals surface area contributed by atoms with Crippen molar-refractivity contribution in [3.05, 3.63) is 83.6 Å². The second-order valence-corrected chi connectivity index (χ2v) is 11.9. The van der Waals surface area contributed by atoms with Crippen molar-refractivity contribution in [2.24, 2.45) is 12.5 Å². The standard InChI is InChI=1S/C33H28F3N2/c1-18-21-8-6-7-9-22(21)25(17-32(2,3)4)30-27(18)31-28-19(14-15-37(31)5)10-12-23-24-16-20(33(34,35)36)11-13-26(24)38(30)29(23)28/h6-16H,17H2,1-5H3/q+1. The normalized spacial score (nSPS) is 13.4. The van der Waals surface area contributed by atoms with E-state index in [2.05, 4.69) is 80.2 Å². The van der Waals surface area contributed by atoms with Gasteiger partial charge in [0.1, 0.15) is 7.05 Å². The van der Waals surface area contributed by atoms with Crippen molar-refractivity contribution in [1.82, 2.24) is 4.40 Å². The topological polar surface area (TPSA) is 8.29 Å². The van der Waals surface area contributed by atoms with Crippen molar-refractivity contribution in [2.45, 2.75) is 40.3 Å². The third-order valence-electron chi connectivity index (χ3n) is 8.08. The maximum Gasteiger partial charge on any atom is 0.416 e. The zero-order valence-corrected chi connectivity index (χ0v) is 22.1. The smallest absolute Gasteiger partial charge is 0.307 e. The number of halogens is 3. The molecule has 7 rings (SSSR count). The van der Waals surface area contributed by atoms with E-state index in [-0.39, 0.29) is 5.41 Å². The Balaban J connectivity index is 1.88. The number of hydrogen-bond donors (Lipinski definition) is 0. The predicted octanol–water partition coefficient (Wildman–Crippen LogP) is 8.88. The molecule has 0 amide bonds. The van der Waals surface area contributed by atoms with Crippen molar-refractivity contribution < 1.29 is 17.7 Å². The third-order valence-corrected chi connectivity index (χ3v) is 8.08. The van der Waals surface area contributed by atoms with Gasteiger partial charge in [-0.2, -0.15) is 13.2 Å². The summed E-state index contributed by atoms with van der Waals surface area (Å²) in [5.74, 6) is 0. The molecule has 0 aliphatic rings. The van der Waals surface area contributed by atoms with Crippen molar-refractivity contribution >= 4 is 59.8 Å². The SMILES string of the molecule is Cc1c2ccccc2c(CC(C)(C)C)c2c1c1c3c(ccc4c5cc(C(F)(F)F)ccc5n2c43)cc[n+]1C. The van der Waals surface area contributed by atoms with Gasteiger partial charge in [-0.05, 0) is 64.2 Å². The Morgan fingerprint density at radius 3 is 2.24 bits per heavy atom. The minimum absolute atomic E-state index is 0.00247. The largest absolute Gasteiger partial charge is 0.416 e. The van der Waals surface area contributed by atoms with Crippen molar-refractivity contribution in [1.29, 1.82) is 0 Å². The molecule has 5 heteroatoms. The first-order chi connectivity index (χ1) is 18.0. The van der Waals surface area contributed by atoms with Gasteiger partial charge in [-0.1, -0.05) is 57.2 Å². The number of pyridine rings is 2. The summed E-state index contributed by atoms with van der Waals surface area (Å²) in [4.78, 5) is 0. The molecular formula is C33H28F3N2+. The van der Waals surface area contributed by atoms with Crippen LogP contribution in [-0.4, -0.2) is 4.40 Å². The van der Waals surface area contributed by atoms with Crippen LogP contribution < -0.4 is 4.57 Å². The van der Waals surface area contributed by atoms with Gasteiger partial charge in [-0.25, -0.2) is 4.57 Å². The molecule has 0 radical (unpaired) electrons. The van der Waals surface area contributed by atoms with Crippen LogP contribution in [-0.2, 0) is 19.6 Å². The summed E-state index contributed by atoms with van der Waals surface area (Å²) in [6, 6.07) is 18.9. The van der Waals surface area contributed by atoms with Crippen LogP contribution in [0.5, 0.6) is 0 Å². The maximum absolute atomic E-state index is 13.8. The average Bonchev–Trinajstić information content (AvgIpc) is 3.19. The Labute approximate surface area is 218 Å². The number of rotatable bonds is 1. The lowest BCUT2D eigenvalue weighted by Gasteiger charge is -2.24. The van der Waals surface area contributed by atoms with E-state index in [0.717, 1.165) is 50.0 Å². The molecule has 0 saturated carbocycles. The van der Waals surface area contributed by atoms with Crippen LogP contribution in [0.2, 0.25) is 0 Å². The molecule has 38 heavy (non-hydrogen) atoms. The average molecular weight is 510 g/mol. The first-order valence-electron chi connectivity index (χ1n) is 13.0. The molecule has 190 valence electrons. The fourth-order valence-electron chi connectivity index (χ4n) is 6.57. The van der Waals surface area contributed by atoms with Gasteiger partial charge in [-0.3, -0.25) is 0 Å². The van der Waals surface area contributed by atoms with Crippen molar-refractivity contribution in [2.75, 3.05) is 0 Å². The predicted molar refractivity (Wildman–Crippen MR) is 150 cm³/mol. The first-order valence-corrected chi connectivity index (χ1v) is 13.0. The van der Waals surface area contributed by atoms with Gasteiger partial charge in [-0.15, -0.1) is 0 Å². The number of aryl methyl sites for hydroxylation is 2. The molecule has 0 aliphatic heterocycles. The van der Waals surface area contributed by atoms with E-state index >= 15 is 0 Å². The Morgan fingerprint density at radius 1 is 0.789 bits per heavy atom. The lowest BCUT2D eigenvalue weighted by molar-refractivity contribution is -0.643. The summed E-state index contributed by atoms with van der Waals surface area (Å²) < 4.78 is 45.9. The molecule has 2 nitrogen and oxygen atoms in total. The van der Waals surface area contributed by atoms with E-state index in [1.54, 1.807) is 6.07 Å². The molecule has 0 fully saturated rings. The zero-order valence-electron chi connectivity index (χ0n) is 22.1. The van der Waals surface area contributed by atoms with Gasteiger partial charge < -0.3 is 4.40 Å². The molecule has 0 atom stereocenters. The molecule has 0 bridgehead atoms. The van der Waals surface area contributed by atoms with Crippen LogP contribution in [0.25, 0.3) is 59.8 Å². The zero-order chi connectivity index (χ0) is 26.7. The van der Waals surface area contributed by atoms with E-state index in [9.17, 15) is 13.2 Å². The number of alkyl halides is 3. The van der Waals surface area contributed by atoms with Crippen LogP contribution >= 0.6 is 0 Å². The van der Waals surface area contributed by atoms with Gasteiger partial charge >= 0.3 is 6.18 Å². The summed E-state index contributed by atoms with van der Waals surface area (Å²) in [6.45, 7) is 8.90. The highest BCUT2D eigenvalue weighted by Gasteiger charge is 2.32. The molecule has 0 unspecified atom stereocenters. The quantitative estimate of drug-likeness (QED) is 0.119. The summed E-state index contributed by atoms with van der Waals surface area (Å²) >= 11 is 0. The van der Waals surface area contributed by atoms with Crippen molar-refractivity contribution in [3.63, 3.8) is 0 Å². The second kappa shape index (κ2) is 7.37. The van der Waals surface area contributed by atoms with Gasteiger partial charge in [0.15, 0.2) is 6.20 Å². The van der Waals surface area contributed by atoms with Gasteiger partial charge in [0, 0.05) is 16.8 Å². The minimum atomic E-state index is -4.40. The van der Waals surface area contributed by atoms with Crippen LogP contribution in [0.4, 0.5) is 13.2 Å². The highest BCUT2D eigenvalue weighted by molar-refractivity contribution is 6.29. The Kier molecular flexibility index (Phi) is 4.52. The Hall–Kier alpha value is -3.86. The van der Waals surface area contributed by atoms with E-state index < -0.39 is 11.7 Å². The number of hydrogen-bond acceptors (Lipinski definition) is 0. The second-order valence-electron chi connectivity index (χ2n) is 11.9. The van der Waals surface area contributed by atoms with Crippen LogP contribution in [0.15, 0.2) is 66.9 Å². The van der Waals surface area contributed by atoms with Crippen molar-refractivity contribution in [3.8, 4) is 0 Å². The van der Waals surface area contributed by atoms with Crippen LogP contribution in [0, 0.1) is 12.3 Å². The lowest BCUT2D eigenvalue weighted by Crippen LogP contribution is -2.29. The molecule has 0 aliphatic carbocycles. The fourth-order valence-corrected chi connectivity index (χ4v) is 6.57. The molecule has 0 spiro atoms. The number of aromatic nitrogens is 2. The van der Waals surface area contributed by atoms with Gasteiger partial charge in [0.05, 0.1) is 32.9 Å². The molecule has 0 saturated heterocycles. The monoisotopic (exact) mass is 509 g/mol. The highest BCUT2D eigenvalue weighted by atomic mass is 19.4. The molecule has 0 N–H and O–H groups in total. The summed E-state index contributed by atoms with van der Waals surface area (Å²) in [7, 11) is 2.07. The summed E-state index contributed by atoms with van der Waals surface area (Å²) in [5.41, 5.74) is 5.82. The Morgan fingerprint density at radius 2 is 1.53 bits per heavy atom. The molecule has 3 aromatic heterocycles. The molecule has 7 aromatic rings. The maximum atomic E-state index is 13.8. The molecule has 3 heterocycles. The third kappa shape index (κ3) is 3.05. The van der Waals surface area contributed by atoms with Crippen LogP contribution in [0.3, 0.4) is 0 Å². The number of nitrogens with zero attached hydrogens (tertiary/aromatic N) is 2.